The van der Waals surface area contributed by atoms with Gasteiger partial charge in [0.05, 0.1) is 18.1 Å². The van der Waals surface area contributed by atoms with E-state index in [2.05, 4.69) is 51.5 Å². The molecule has 6 rings (SSSR count). The largest absolute Gasteiger partial charge is 0.472 e. The third kappa shape index (κ3) is 4.09. The van der Waals surface area contributed by atoms with Crippen LogP contribution in [0.5, 0.6) is 5.88 Å². The standard InChI is InChI=1S/C27H31N5O2/c1-18-6-7-19(2)32(18)22-5-3-4-21(12-22)27(33)31-11-10-30-17-24(13-23(30)16-31)34-26-15-28-25(14-29-26)20-8-9-20/h3-7,12,14-15,20,23-24H,8-11,13,16-17H2,1-2H3/t23-,24+/m0/s1. The molecule has 2 aromatic heterocycles. The number of aromatic nitrogens is 3. The minimum Gasteiger partial charge on any atom is -0.472 e. The number of fused-ring (bicyclic) bond motifs is 1. The van der Waals surface area contributed by atoms with Gasteiger partial charge in [-0.15, -0.1) is 0 Å². The molecule has 1 amide bonds. The third-order valence-corrected chi connectivity index (χ3v) is 7.42. The molecule has 7 nitrogen and oxygen atoms in total. The Morgan fingerprint density at radius 1 is 1.00 bits per heavy atom. The van der Waals surface area contributed by atoms with Crippen molar-refractivity contribution < 1.29 is 9.53 Å². The lowest BCUT2D eigenvalue weighted by Gasteiger charge is -2.37. The van der Waals surface area contributed by atoms with Gasteiger partial charge in [0.1, 0.15) is 6.10 Å². The second kappa shape index (κ2) is 8.55. The first-order chi connectivity index (χ1) is 16.5. The zero-order valence-electron chi connectivity index (χ0n) is 19.9. The first kappa shape index (κ1) is 21.4. The van der Waals surface area contributed by atoms with E-state index in [1.165, 1.54) is 24.2 Å². The molecule has 176 valence electrons. The van der Waals surface area contributed by atoms with E-state index in [1.807, 2.05) is 29.3 Å². The van der Waals surface area contributed by atoms with Gasteiger partial charge in [-0.1, -0.05) is 6.07 Å². The normalized spacial score (nSPS) is 22.6. The van der Waals surface area contributed by atoms with Crippen molar-refractivity contribution in [2.24, 2.45) is 0 Å². The maximum absolute atomic E-state index is 13.4. The highest BCUT2D eigenvalue weighted by Gasteiger charge is 2.39. The zero-order valence-corrected chi connectivity index (χ0v) is 19.9. The fourth-order valence-corrected chi connectivity index (χ4v) is 5.45. The minimum absolute atomic E-state index is 0.0872. The first-order valence-electron chi connectivity index (χ1n) is 12.3. The van der Waals surface area contributed by atoms with E-state index < -0.39 is 0 Å². The van der Waals surface area contributed by atoms with Crippen LogP contribution in [0.15, 0.2) is 48.8 Å². The Kier molecular flexibility index (Phi) is 5.37. The van der Waals surface area contributed by atoms with Crippen molar-refractivity contribution in [3.05, 3.63) is 71.4 Å². The number of carbonyl (C=O) groups excluding carboxylic acids is 1. The van der Waals surface area contributed by atoms with Crippen LogP contribution in [0, 0.1) is 13.8 Å². The van der Waals surface area contributed by atoms with Gasteiger partial charge >= 0.3 is 0 Å². The van der Waals surface area contributed by atoms with Crippen LogP contribution in [0.3, 0.4) is 0 Å². The summed E-state index contributed by atoms with van der Waals surface area (Å²) in [7, 11) is 0. The van der Waals surface area contributed by atoms with Gasteiger partial charge in [0.25, 0.3) is 5.91 Å². The van der Waals surface area contributed by atoms with Crippen molar-refractivity contribution in [2.75, 3.05) is 26.2 Å². The topological polar surface area (TPSA) is 63.5 Å². The molecule has 0 bridgehead atoms. The molecule has 2 saturated heterocycles. The molecule has 4 heterocycles. The molecule has 3 fully saturated rings. The first-order valence-corrected chi connectivity index (χ1v) is 12.3. The van der Waals surface area contributed by atoms with Crippen molar-refractivity contribution in [3.8, 4) is 11.6 Å². The van der Waals surface area contributed by atoms with Crippen LogP contribution < -0.4 is 4.74 Å². The highest BCUT2D eigenvalue weighted by atomic mass is 16.5. The third-order valence-electron chi connectivity index (χ3n) is 7.42. The van der Waals surface area contributed by atoms with Crippen LogP contribution in [-0.2, 0) is 0 Å². The molecule has 2 aliphatic heterocycles. The molecule has 3 aromatic rings. The lowest BCUT2D eigenvalue weighted by molar-refractivity contribution is 0.0569. The summed E-state index contributed by atoms with van der Waals surface area (Å²) in [6, 6.07) is 12.5. The molecule has 0 N–H and O–H groups in total. The smallest absolute Gasteiger partial charge is 0.254 e. The highest BCUT2D eigenvalue weighted by molar-refractivity contribution is 5.95. The van der Waals surface area contributed by atoms with Gasteiger partial charge in [-0.3, -0.25) is 14.7 Å². The van der Waals surface area contributed by atoms with E-state index in [9.17, 15) is 4.79 Å². The van der Waals surface area contributed by atoms with Crippen molar-refractivity contribution in [1.29, 1.82) is 0 Å². The molecular formula is C27H31N5O2. The van der Waals surface area contributed by atoms with E-state index in [-0.39, 0.29) is 12.0 Å². The van der Waals surface area contributed by atoms with Crippen LogP contribution in [0.2, 0.25) is 0 Å². The fourth-order valence-electron chi connectivity index (χ4n) is 5.45. The Hall–Kier alpha value is -3.19. The fraction of sp³-hybridized carbons (Fsp3) is 0.444. The Morgan fingerprint density at radius 2 is 1.82 bits per heavy atom. The molecule has 1 aromatic carbocycles. The molecule has 34 heavy (non-hydrogen) atoms. The minimum atomic E-state index is 0.0872. The highest BCUT2D eigenvalue weighted by Crippen LogP contribution is 2.38. The van der Waals surface area contributed by atoms with Crippen molar-refractivity contribution in [3.63, 3.8) is 0 Å². The average Bonchev–Trinajstić information content (AvgIpc) is 3.54. The summed E-state index contributed by atoms with van der Waals surface area (Å²) in [5.41, 5.74) is 5.19. The summed E-state index contributed by atoms with van der Waals surface area (Å²) in [5, 5.41) is 0. The van der Waals surface area contributed by atoms with Gasteiger partial charge < -0.3 is 14.2 Å². The van der Waals surface area contributed by atoms with Gasteiger partial charge in [-0.2, -0.15) is 0 Å². The Bertz CT molecular complexity index is 1180. The summed E-state index contributed by atoms with van der Waals surface area (Å²) in [5.74, 6) is 1.31. The SMILES string of the molecule is Cc1ccc(C)n1-c1cccc(C(=O)N2CCN3C[C@H](Oc4cnc(C5CC5)cn4)C[C@H]3C2)c1. The summed E-state index contributed by atoms with van der Waals surface area (Å²) in [4.78, 5) is 26.8. The molecular weight excluding hydrogens is 426 g/mol. The molecule has 0 spiro atoms. The summed E-state index contributed by atoms with van der Waals surface area (Å²) in [6.45, 7) is 7.40. The monoisotopic (exact) mass is 457 g/mol. The van der Waals surface area contributed by atoms with Crippen LogP contribution in [0.1, 0.15) is 52.6 Å². The van der Waals surface area contributed by atoms with Crippen molar-refractivity contribution in [2.45, 2.75) is 51.2 Å². The van der Waals surface area contributed by atoms with Crippen LogP contribution >= 0.6 is 0 Å². The van der Waals surface area contributed by atoms with Crippen molar-refractivity contribution in [1.82, 2.24) is 24.3 Å². The summed E-state index contributed by atoms with van der Waals surface area (Å²) < 4.78 is 8.35. The van der Waals surface area contributed by atoms with E-state index in [1.54, 1.807) is 6.20 Å². The van der Waals surface area contributed by atoms with Gasteiger partial charge in [-0.05, 0) is 57.0 Å². The van der Waals surface area contributed by atoms with E-state index >= 15 is 0 Å². The number of ether oxygens (including phenoxy) is 1. The Balaban J connectivity index is 1.10. The predicted octanol–water partition coefficient (Wildman–Crippen LogP) is 3.74. The quantitative estimate of drug-likeness (QED) is 0.584. The second-order valence-electron chi connectivity index (χ2n) is 9.93. The number of amides is 1. The molecule has 2 atom stereocenters. The molecule has 0 unspecified atom stereocenters. The lowest BCUT2D eigenvalue weighted by atomic mass is 10.1. The number of piperazine rings is 1. The maximum atomic E-state index is 13.4. The number of rotatable bonds is 5. The Labute approximate surface area is 200 Å². The zero-order chi connectivity index (χ0) is 23.2. The number of nitrogens with zero attached hydrogens (tertiary/aromatic N) is 5. The molecule has 0 radical (unpaired) electrons. The molecule has 1 aliphatic carbocycles. The van der Waals surface area contributed by atoms with Crippen LogP contribution in [0.25, 0.3) is 5.69 Å². The van der Waals surface area contributed by atoms with Crippen LogP contribution in [-0.4, -0.2) is 68.6 Å². The second-order valence-corrected chi connectivity index (χ2v) is 9.93. The van der Waals surface area contributed by atoms with E-state index in [0.717, 1.165) is 49.5 Å². The molecule has 3 aliphatic rings. The lowest BCUT2D eigenvalue weighted by Crippen LogP contribution is -2.52. The van der Waals surface area contributed by atoms with Crippen molar-refractivity contribution >= 4 is 5.91 Å². The van der Waals surface area contributed by atoms with Gasteiger partial charge in [0.2, 0.25) is 5.88 Å². The van der Waals surface area contributed by atoms with Crippen LogP contribution in [0.4, 0.5) is 0 Å². The predicted molar refractivity (Wildman–Crippen MR) is 130 cm³/mol. The number of carbonyl (C=O) groups is 1. The number of hydrogen-bond donors (Lipinski definition) is 0. The van der Waals surface area contributed by atoms with Gasteiger partial charge in [0.15, 0.2) is 0 Å². The summed E-state index contributed by atoms with van der Waals surface area (Å²) >= 11 is 0. The summed E-state index contributed by atoms with van der Waals surface area (Å²) in [6.07, 6.45) is 7.06. The number of benzene rings is 1. The maximum Gasteiger partial charge on any atom is 0.254 e. The average molecular weight is 458 g/mol. The van der Waals surface area contributed by atoms with E-state index in [4.69, 9.17) is 4.74 Å². The van der Waals surface area contributed by atoms with Gasteiger partial charge in [-0.25, -0.2) is 4.98 Å². The number of hydrogen-bond acceptors (Lipinski definition) is 5. The Morgan fingerprint density at radius 3 is 2.56 bits per heavy atom. The van der Waals surface area contributed by atoms with E-state index in [0.29, 0.717) is 17.8 Å². The number of aryl methyl sites for hydroxylation is 2. The molecule has 7 heteroatoms. The molecule has 1 saturated carbocycles. The van der Waals surface area contributed by atoms with Gasteiger partial charge in [0, 0.05) is 67.2 Å².